The molecule has 3 rings (SSSR count). The van der Waals surface area contributed by atoms with Gasteiger partial charge in [0.05, 0.1) is 18.6 Å². The van der Waals surface area contributed by atoms with E-state index in [0.29, 0.717) is 23.9 Å². The molecule has 10 nitrogen and oxygen atoms in total. The smallest absolute Gasteiger partial charge is 0.329 e. The van der Waals surface area contributed by atoms with Crippen molar-refractivity contribution < 1.29 is 9.53 Å². The maximum Gasteiger partial charge on any atom is 0.329 e. The van der Waals surface area contributed by atoms with Crippen molar-refractivity contribution in [3.05, 3.63) is 57.0 Å². The van der Waals surface area contributed by atoms with Gasteiger partial charge in [0.1, 0.15) is 23.5 Å². The third kappa shape index (κ3) is 4.24. The number of aromatic nitrogens is 5. The summed E-state index contributed by atoms with van der Waals surface area (Å²) in [5.74, 6) is -0.0553. The minimum atomic E-state index is -0.792. The highest BCUT2D eigenvalue weighted by atomic mass is 32.2. The second-order valence-corrected chi connectivity index (χ2v) is 7.01. The van der Waals surface area contributed by atoms with Crippen LogP contribution in [0.1, 0.15) is 23.7 Å². The Morgan fingerprint density at radius 2 is 2.14 bits per heavy atom. The van der Waals surface area contributed by atoms with Crippen molar-refractivity contribution in [2.75, 3.05) is 18.6 Å². The van der Waals surface area contributed by atoms with Crippen LogP contribution in [-0.4, -0.2) is 43.0 Å². The molecule has 1 aromatic carbocycles. The van der Waals surface area contributed by atoms with E-state index in [1.165, 1.54) is 10.9 Å². The van der Waals surface area contributed by atoms with Crippen molar-refractivity contribution >= 4 is 23.4 Å². The molecule has 3 N–H and O–H groups in total. The molecule has 0 atom stereocenters. The first-order valence-electron chi connectivity index (χ1n) is 8.79. The summed E-state index contributed by atoms with van der Waals surface area (Å²) in [5, 5.41) is 8.38. The third-order valence-corrected chi connectivity index (χ3v) is 5.09. The van der Waals surface area contributed by atoms with E-state index in [1.807, 2.05) is 25.1 Å². The van der Waals surface area contributed by atoms with E-state index in [4.69, 9.17) is 10.5 Å². The van der Waals surface area contributed by atoms with Gasteiger partial charge in [-0.3, -0.25) is 23.7 Å². The van der Waals surface area contributed by atoms with Gasteiger partial charge < -0.3 is 10.5 Å². The molecule has 0 amide bonds. The van der Waals surface area contributed by atoms with Gasteiger partial charge in [0.2, 0.25) is 0 Å². The summed E-state index contributed by atoms with van der Waals surface area (Å²) in [5.41, 5.74) is 5.06. The number of H-pyrrole nitrogens is 1. The predicted octanol–water partition coefficient (Wildman–Crippen LogP) is 1.09. The van der Waals surface area contributed by atoms with Gasteiger partial charge in [0.15, 0.2) is 10.9 Å². The van der Waals surface area contributed by atoms with E-state index >= 15 is 0 Å². The molecule has 0 aliphatic rings. The number of ketones is 1. The summed E-state index contributed by atoms with van der Waals surface area (Å²) in [6.45, 7) is 2.17. The number of ether oxygens (including phenoxy) is 1. The number of carbonyl (C=O) groups excluding carboxylic acids is 1. The third-order valence-electron chi connectivity index (χ3n) is 4.15. The molecule has 0 spiro atoms. The molecule has 29 heavy (non-hydrogen) atoms. The first-order valence-corrected chi connectivity index (χ1v) is 9.77. The number of anilines is 1. The molecule has 0 aliphatic heterocycles. The molecule has 0 bridgehead atoms. The number of benzene rings is 1. The average molecular weight is 416 g/mol. The molecule has 0 radical (unpaired) electrons. The molecular weight excluding hydrogens is 396 g/mol. The Hall–Kier alpha value is -3.34. The van der Waals surface area contributed by atoms with Crippen LogP contribution in [0.5, 0.6) is 5.75 Å². The fourth-order valence-electron chi connectivity index (χ4n) is 2.77. The fraction of sp³-hybridized carbons (Fsp3) is 0.278. The maximum absolute atomic E-state index is 12.7. The van der Waals surface area contributed by atoms with E-state index in [9.17, 15) is 14.4 Å². The van der Waals surface area contributed by atoms with Gasteiger partial charge in [0, 0.05) is 12.6 Å². The molecule has 0 unspecified atom stereocenters. The lowest BCUT2D eigenvalue weighted by molar-refractivity contribution is 0.102. The minimum Gasteiger partial charge on any atom is -0.497 e. The summed E-state index contributed by atoms with van der Waals surface area (Å²) >= 11 is 1.11. The van der Waals surface area contributed by atoms with Gasteiger partial charge >= 0.3 is 5.69 Å². The van der Waals surface area contributed by atoms with E-state index in [2.05, 4.69) is 15.2 Å². The Labute approximate surface area is 169 Å². The summed E-state index contributed by atoms with van der Waals surface area (Å²) in [6.07, 6.45) is 2.15. The van der Waals surface area contributed by atoms with E-state index in [0.717, 1.165) is 17.4 Å². The van der Waals surface area contributed by atoms with E-state index < -0.39 is 17.0 Å². The van der Waals surface area contributed by atoms with Crippen LogP contribution < -0.4 is 21.7 Å². The Morgan fingerprint density at radius 3 is 2.86 bits per heavy atom. The number of carbonyl (C=O) groups is 1. The number of hydrogen-bond acceptors (Lipinski definition) is 8. The highest BCUT2D eigenvalue weighted by Crippen LogP contribution is 2.23. The SMILES string of the molecule is CCCn1c(N)c(C(=O)CSc2nncn2-c2cccc(OC)c2)c(=O)[nH]c1=O. The van der Waals surface area contributed by atoms with Crippen LogP contribution in [0.2, 0.25) is 0 Å². The zero-order valence-electron chi connectivity index (χ0n) is 15.9. The number of rotatable bonds is 8. The molecule has 0 fully saturated rings. The largest absolute Gasteiger partial charge is 0.497 e. The van der Waals surface area contributed by atoms with Crippen LogP contribution in [0, 0.1) is 0 Å². The Balaban J connectivity index is 1.84. The fourth-order valence-corrected chi connectivity index (χ4v) is 3.57. The number of nitrogens with zero attached hydrogens (tertiary/aromatic N) is 4. The highest BCUT2D eigenvalue weighted by Gasteiger charge is 2.20. The van der Waals surface area contributed by atoms with Crippen molar-refractivity contribution in [1.82, 2.24) is 24.3 Å². The Kier molecular flexibility index (Phi) is 6.17. The molecule has 2 heterocycles. The highest BCUT2D eigenvalue weighted by molar-refractivity contribution is 7.99. The second kappa shape index (κ2) is 8.78. The van der Waals surface area contributed by atoms with Crippen LogP contribution in [0.4, 0.5) is 5.82 Å². The molecule has 3 aromatic rings. The zero-order chi connectivity index (χ0) is 21.0. The number of aromatic amines is 1. The lowest BCUT2D eigenvalue weighted by Crippen LogP contribution is -2.36. The van der Waals surface area contributed by atoms with Gasteiger partial charge in [-0.05, 0) is 18.6 Å². The van der Waals surface area contributed by atoms with Crippen LogP contribution >= 0.6 is 11.8 Å². The number of methoxy groups -OCH3 is 1. The number of hydrogen-bond donors (Lipinski definition) is 2. The van der Waals surface area contributed by atoms with E-state index in [1.54, 1.807) is 17.7 Å². The standard InChI is InChI=1S/C18H20N6O4S/c1-3-7-23-15(19)14(16(26)21-17(23)27)13(25)9-29-18-22-20-10-24(18)11-5-4-6-12(8-11)28-2/h4-6,8,10H,3,7,9,19H2,1-2H3,(H,21,26,27). The monoisotopic (exact) mass is 416 g/mol. The quantitative estimate of drug-likeness (QED) is 0.411. The lowest BCUT2D eigenvalue weighted by atomic mass is 10.2. The van der Waals surface area contributed by atoms with E-state index in [-0.39, 0.29) is 17.1 Å². The number of nitrogens with one attached hydrogen (secondary N) is 1. The van der Waals surface area contributed by atoms with Crippen molar-refractivity contribution in [2.24, 2.45) is 0 Å². The molecule has 152 valence electrons. The van der Waals surface area contributed by atoms with Gasteiger partial charge in [-0.1, -0.05) is 24.8 Å². The summed E-state index contributed by atoms with van der Waals surface area (Å²) in [7, 11) is 1.57. The Morgan fingerprint density at radius 1 is 1.34 bits per heavy atom. The minimum absolute atomic E-state index is 0.0970. The second-order valence-electron chi connectivity index (χ2n) is 6.07. The van der Waals surface area contributed by atoms with Crippen molar-refractivity contribution in [2.45, 2.75) is 25.0 Å². The number of nitrogen functional groups attached to an aromatic ring is 1. The number of Topliss-reactive ketones (excluding diaryl/α,β-unsaturated/α-hetero) is 1. The van der Waals surface area contributed by atoms with Crippen LogP contribution in [0.25, 0.3) is 5.69 Å². The van der Waals surface area contributed by atoms with Crippen molar-refractivity contribution in [3.8, 4) is 11.4 Å². The maximum atomic E-state index is 12.7. The molecule has 11 heteroatoms. The van der Waals surface area contributed by atoms with Crippen LogP contribution in [0.3, 0.4) is 0 Å². The molecular formula is C18H20N6O4S. The molecule has 0 saturated heterocycles. The Bertz CT molecular complexity index is 1150. The van der Waals surface area contributed by atoms with Crippen LogP contribution in [0.15, 0.2) is 45.3 Å². The number of nitrogens with two attached hydrogens (primary N) is 1. The van der Waals surface area contributed by atoms with Crippen molar-refractivity contribution in [3.63, 3.8) is 0 Å². The molecule has 2 aromatic heterocycles. The molecule has 0 aliphatic carbocycles. The first kappa shape index (κ1) is 20.4. The van der Waals surface area contributed by atoms with Gasteiger partial charge in [-0.2, -0.15) is 0 Å². The van der Waals surface area contributed by atoms with Crippen LogP contribution in [-0.2, 0) is 6.54 Å². The van der Waals surface area contributed by atoms with Gasteiger partial charge in [0.25, 0.3) is 5.56 Å². The normalized spacial score (nSPS) is 10.8. The lowest BCUT2D eigenvalue weighted by Gasteiger charge is -2.11. The van der Waals surface area contributed by atoms with Crippen molar-refractivity contribution in [1.29, 1.82) is 0 Å². The average Bonchev–Trinajstić information content (AvgIpc) is 3.18. The summed E-state index contributed by atoms with van der Waals surface area (Å²) < 4.78 is 8.11. The van der Waals surface area contributed by atoms with Gasteiger partial charge in [-0.25, -0.2) is 4.79 Å². The summed E-state index contributed by atoms with van der Waals surface area (Å²) in [6, 6.07) is 7.29. The molecule has 0 saturated carbocycles. The predicted molar refractivity (Wildman–Crippen MR) is 109 cm³/mol. The summed E-state index contributed by atoms with van der Waals surface area (Å²) in [4.78, 5) is 38.9. The number of thioether (sulfide) groups is 1. The first-order chi connectivity index (χ1) is 14.0. The van der Waals surface area contributed by atoms with Gasteiger partial charge in [-0.15, -0.1) is 10.2 Å². The zero-order valence-corrected chi connectivity index (χ0v) is 16.7. The topological polar surface area (TPSA) is 138 Å².